The molecule has 128 valence electrons. The lowest BCUT2D eigenvalue weighted by molar-refractivity contribution is 0.0755. The standard InChI is InChI=1S/C18H28N2O3/c1-14-5-3-10-20(11-8-14)18(21)16-13-15(22-2)6-7-17(16)23-12-4-9-19/h6-7,13-14H,3-5,8-12,19H2,1-2H3/t14-/m0/s1. The van der Waals surface area contributed by atoms with E-state index in [2.05, 4.69) is 6.92 Å². The molecule has 5 heteroatoms. The Labute approximate surface area is 138 Å². The molecule has 0 bridgehead atoms. The van der Waals surface area contributed by atoms with Crippen molar-refractivity contribution in [3.05, 3.63) is 23.8 Å². The number of benzene rings is 1. The van der Waals surface area contributed by atoms with Crippen molar-refractivity contribution in [2.75, 3.05) is 33.4 Å². The fourth-order valence-corrected chi connectivity index (χ4v) is 2.83. The quantitative estimate of drug-likeness (QED) is 0.819. The maximum Gasteiger partial charge on any atom is 0.257 e. The zero-order valence-corrected chi connectivity index (χ0v) is 14.2. The van der Waals surface area contributed by atoms with E-state index in [0.29, 0.717) is 36.1 Å². The van der Waals surface area contributed by atoms with Gasteiger partial charge in [0.1, 0.15) is 11.5 Å². The van der Waals surface area contributed by atoms with E-state index in [0.717, 1.165) is 32.4 Å². The van der Waals surface area contributed by atoms with E-state index in [9.17, 15) is 4.79 Å². The third-order valence-corrected chi connectivity index (χ3v) is 4.33. The Bertz CT molecular complexity index is 519. The number of rotatable bonds is 6. The molecule has 5 nitrogen and oxygen atoms in total. The summed E-state index contributed by atoms with van der Waals surface area (Å²) in [5, 5.41) is 0. The van der Waals surface area contributed by atoms with Crippen LogP contribution in [-0.2, 0) is 0 Å². The van der Waals surface area contributed by atoms with Crippen LogP contribution in [0.5, 0.6) is 11.5 Å². The van der Waals surface area contributed by atoms with E-state index >= 15 is 0 Å². The van der Waals surface area contributed by atoms with Gasteiger partial charge in [-0.25, -0.2) is 0 Å². The van der Waals surface area contributed by atoms with Gasteiger partial charge in [0, 0.05) is 13.1 Å². The largest absolute Gasteiger partial charge is 0.497 e. The number of likely N-dealkylation sites (tertiary alicyclic amines) is 1. The van der Waals surface area contributed by atoms with Crippen molar-refractivity contribution < 1.29 is 14.3 Å². The number of hydrogen-bond donors (Lipinski definition) is 1. The summed E-state index contributed by atoms with van der Waals surface area (Å²) in [5.74, 6) is 1.99. The predicted octanol–water partition coefficient (Wildman–Crippen LogP) is 2.69. The fraction of sp³-hybridized carbons (Fsp3) is 0.611. The number of methoxy groups -OCH3 is 1. The van der Waals surface area contributed by atoms with Crippen LogP contribution in [0.4, 0.5) is 0 Å². The number of carbonyl (C=O) groups excluding carboxylic acids is 1. The highest BCUT2D eigenvalue weighted by atomic mass is 16.5. The molecular formula is C18H28N2O3. The Balaban J connectivity index is 2.18. The molecule has 0 aromatic heterocycles. The lowest BCUT2D eigenvalue weighted by Gasteiger charge is -2.22. The lowest BCUT2D eigenvalue weighted by Crippen LogP contribution is -2.32. The van der Waals surface area contributed by atoms with E-state index in [4.69, 9.17) is 15.2 Å². The van der Waals surface area contributed by atoms with Gasteiger partial charge in [-0.2, -0.15) is 0 Å². The van der Waals surface area contributed by atoms with E-state index in [-0.39, 0.29) is 5.91 Å². The van der Waals surface area contributed by atoms with E-state index in [1.807, 2.05) is 17.0 Å². The molecule has 0 radical (unpaired) electrons. The summed E-state index contributed by atoms with van der Waals surface area (Å²) < 4.78 is 11.0. The molecular weight excluding hydrogens is 292 g/mol. The van der Waals surface area contributed by atoms with Gasteiger partial charge in [-0.05, 0) is 56.3 Å². The normalized spacial score (nSPS) is 18.4. The smallest absolute Gasteiger partial charge is 0.257 e. The van der Waals surface area contributed by atoms with Crippen molar-refractivity contribution in [2.45, 2.75) is 32.6 Å². The van der Waals surface area contributed by atoms with Crippen LogP contribution < -0.4 is 15.2 Å². The number of ether oxygens (including phenoxy) is 2. The number of nitrogens with zero attached hydrogens (tertiary/aromatic N) is 1. The van der Waals surface area contributed by atoms with Gasteiger partial charge >= 0.3 is 0 Å². The van der Waals surface area contributed by atoms with Crippen molar-refractivity contribution in [1.82, 2.24) is 4.90 Å². The van der Waals surface area contributed by atoms with E-state index < -0.39 is 0 Å². The SMILES string of the molecule is COc1ccc(OCCCN)c(C(=O)N2CCC[C@H](C)CC2)c1. The molecule has 0 aliphatic carbocycles. The number of carbonyl (C=O) groups is 1. The molecule has 0 unspecified atom stereocenters. The monoisotopic (exact) mass is 320 g/mol. The van der Waals surface area contributed by atoms with Crippen LogP contribution in [0.1, 0.15) is 43.0 Å². The van der Waals surface area contributed by atoms with Crippen molar-refractivity contribution in [2.24, 2.45) is 11.7 Å². The average Bonchev–Trinajstić information content (AvgIpc) is 2.79. The zero-order valence-electron chi connectivity index (χ0n) is 14.2. The highest BCUT2D eigenvalue weighted by Crippen LogP contribution is 2.27. The Morgan fingerprint density at radius 3 is 2.91 bits per heavy atom. The van der Waals surface area contributed by atoms with Crippen LogP contribution in [0.3, 0.4) is 0 Å². The van der Waals surface area contributed by atoms with Crippen LogP contribution in [0, 0.1) is 5.92 Å². The first kappa shape index (κ1) is 17.6. The van der Waals surface area contributed by atoms with Gasteiger partial charge in [0.25, 0.3) is 5.91 Å². The van der Waals surface area contributed by atoms with Crippen LogP contribution in [0.15, 0.2) is 18.2 Å². The highest BCUT2D eigenvalue weighted by Gasteiger charge is 2.23. The molecule has 2 rings (SSSR count). The topological polar surface area (TPSA) is 64.8 Å². The summed E-state index contributed by atoms with van der Waals surface area (Å²) in [6.45, 7) is 4.95. The summed E-state index contributed by atoms with van der Waals surface area (Å²) in [6, 6.07) is 5.40. The highest BCUT2D eigenvalue weighted by molar-refractivity contribution is 5.97. The Kier molecular flexibility index (Phi) is 6.71. The molecule has 2 N–H and O–H groups in total. The van der Waals surface area contributed by atoms with Crippen molar-refractivity contribution >= 4 is 5.91 Å². The van der Waals surface area contributed by atoms with Crippen molar-refractivity contribution in [3.8, 4) is 11.5 Å². The molecule has 1 saturated heterocycles. The van der Waals surface area contributed by atoms with Crippen LogP contribution >= 0.6 is 0 Å². The molecule has 23 heavy (non-hydrogen) atoms. The second kappa shape index (κ2) is 8.77. The van der Waals surface area contributed by atoms with E-state index in [1.54, 1.807) is 13.2 Å². The molecule has 1 aliphatic rings. The lowest BCUT2D eigenvalue weighted by atomic mass is 10.0. The average molecular weight is 320 g/mol. The van der Waals surface area contributed by atoms with Gasteiger partial charge in [0.15, 0.2) is 0 Å². The predicted molar refractivity (Wildman–Crippen MR) is 91.1 cm³/mol. The molecule has 1 atom stereocenters. The maximum atomic E-state index is 12.9. The van der Waals surface area contributed by atoms with Crippen LogP contribution in [0.2, 0.25) is 0 Å². The fourth-order valence-electron chi connectivity index (χ4n) is 2.83. The first-order valence-electron chi connectivity index (χ1n) is 8.46. The van der Waals surface area contributed by atoms with Gasteiger partial charge in [-0.1, -0.05) is 6.92 Å². The zero-order chi connectivity index (χ0) is 16.7. The summed E-state index contributed by atoms with van der Waals surface area (Å²) in [4.78, 5) is 14.9. The second-order valence-electron chi connectivity index (χ2n) is 6.18. The van der Waals surface area contributed by atoms with Gasteiger partial charge in [0.2, 0.25) is 0 Å². The van der Waals surface area contributed by atoms with Crippen LogP contribution in [0.25, 0.3) is 0 Å². The number of hydrogen-bond acceptors (Lipinski definition) is 4. The first-order valence-corrected chi connectivity index (χ1v) is 8.46. The summed E-state index contributed by atoms with van der Waals surface area (Å²) in [6.07, 6.45) is 4.06. The minimum atomic E-state index is 0.0285. The van der Waals surface area contributed by atoms with Crippen LogP contribution in [-0.4, -0.2) is 44.2 Å². The Hall–Kier alpha value is -1.75. The maximum absolute atomic E-state index is 12.9. The molecule has 1 heterocycles. The van der Waals surface area contributed by atoms with Gasteiger partial charge in [-0.3, -0.25) is 4.79 Å². The van der Waals surface area contributed by atoms with E-state index in [1.165, 1.54) is 6.42 Å². The number of amides is 1. The second-order valence-corrected chi connectivity index (χ2v) is 6.18. The van der Waals surface area contributed by atoms with Crippen molar-refractivity contribution in [1.29, 1.82) is 0 Å². The van der Waals surface area contributed by atoms with Gasteiger partial charge in [-0.15, -0.1) is 0 Å². The Morgan fingerprint density at radius 1 is 1.35 bits per heavy atom. The summed E-state index contributed by atoms with van der Waals surface area (Å²) in [7, 11) is 1.60. The van der Waals surface area contributed by atoms with Gasteiger partial charge < -0.3 is 20.1 Å². The molecule has 0 spiro atoms. The molecule has 1 amide bonds. The third-order valence-electron chi connectivity index (χ3n) is 4.33. The van der Waals surface area contributed by atoms with Gasteiger partial charge in [0.05, 0.1) is 19.3 Å². The molecule has 1 fully saturated rings. The molecule has 0 saturated carbocycles. The Morgan fingerprint density at radius 2 is 2.17 bits per heavy atom. The molecule has 1 aromatic rings. The summed E-state index contributed by atoms with van der Waals surface area (Å²) >= 11 is 0. The minimum Gasteiger partial charge on any atom is -0.497 e. The molecule has 1 aliphatic heterocycles. The number of nitrogens with two attached hydrogens (primary N) is 1. The third kappa shape index (κ3) is 4.86. The molecule has 1 aromatic carbocycles. The first-order chi connectivity index (χ1) is 11.2. The van der Waals surface area contributed by atoms with Crippen molar-refractivity contribution in [3.63, 3.8) is 0 Å². The summed E-state index contributed by atoms with van der Waals surface area (Å²) in [5.41, 5.74) is 6.09. The minimum absolute atomic E-state index is 0.0285.